The van der Waals surface area contributed by atoms with Gasteiger partial charge in [0.1, 0.15) is 0 Å². The van der Waals surface area contributed by atoms with Crippen LogP contribution in [0.15, 0.2) is 42.5 Å². The van der Waals surface area contributed by atoms with Crippen molar-refractivity contribution in [1.82, 2.24) is 5.32 Å². The van der Waals surface area contributed by atoms with E-state index in [1.807, 2.05) is 0 Å². The van der Waals surface area contributed by atoms with E-state index < -0.39 is 4.92 Å². The molecule has 7 heteroatoms. The van der Waals surface area contributed by atoms with Crippen LogP contribution in [0.3, 0.4) is 0 Å². The van der Waals surface area contributed by atoms with Crippen LogP contribution in [0.25, 0.3) is 0 Å². The van der Waals surface area contributed by atoms with Crippen molar-refractivity contribution in [3.05, 3.63) is 68.2 Å². The average molecular weight is 329 g/mol. The van der Waals surface area contributed by atoms with E-state index in [1.165, 1.54) is 6.08 Å². The Morgan fingerprint density at radius 1 is 1.29 bits per heavy atom. The van der Waals surface area contributed by atoms with Gasteiger partial charge >= 0.3 is 0 Å². The van der Waals surface area contributed by atoms with Gasteiger partial charge in [0.15, 0.2) is 0 Å². The van der Waals surface area contributed by atoms with Crippen LogP contribution in [0.2, 0.25) is 10.0 Å². The second-order valence-electron chi connectivity index (χ2n) is 4.02. The van der Waals surface area contributed by atoms with Gasteiger partial charge in [-0.1, -0.05) is 47.5 Å². The minimum Gasteiger partial charge on any atom is -0.352 e. The maximum Gasteiger partial charge on any atom is 0.252 e. The second-order valence-corrected chi connectivity index (χ2v) is 4.80. The second kappa shape index (κ2) is 9.15. The van der Waals surface area contributed by atoms with Crippen molar-refractivity contribution in [2.45, 2.75) is 6.42 Å². The van der Waals surface area contributed by atoms with Crippen molar-refractivity contribution in [1.29, 1.82) is 0 Å². The van der Waals surface area contributed by atoms with Crippen LogP contribution in [-0.4, -0.2) is 23.9 Å². The molecule has 0 spiro atoms. The third-order valence-electron chi connectivity index (χ3n) is 2.43. The first-order chi connectivity index (χ1) is 10.0. The van der Waals surface area contributed by atoms with Crippen LogP contribution in [0.1, 0.15) is 16.8 Å². The van der Waals surface area contributed by atoms with Crippen LogP contribution in [0.5, 0.6) is 0 Å². The lowest BCUT2D eigenvalue weighted by atomic mass is 10.2. The Morgan fingerprint density at radius 2 is 2.00 bits per heavy atom. The van der Waals surface area contributed by atoms with E-state index in [9.17, 15) is 14.9 Å². The van der Waals surface area contributed by atoms with Gasteiger partial charge in [-0.2, -0.15) is 0 Å². The summed E-state index contributed by atoms with van der Waals surface area (Å²) in [5, 5.41) is 13.3. The van der Waals surface area contributed by atoms with Gasteiger partial charge in [0.05, 0.1) is 15.6 Å². The maximum atomic E-state index is 11.9. The number of allylic oxidation sites excluding steroid dienone is 2. The molecule has 1 amide bonds. The van der Waals surface area contributed by atoms with E-state index in [1.54, 1.807) is 36.4 Å². The molecule has 0 atom stereocenters. The van der Waals surface area contributed by atoms with Crippen LogP contribution < -0.4 is 5.32 Å². The van der Waals surface area contributed by atoms with E-state index in [0.717, 1.165) is 0 Å². The number of halogens is 2. The first-order valence-electron chi connectivity index (χ1n) is 6.18. The number of rotatable bonds is 7. The fraction of sp³-hybridized carbons (Fsp3) is 0.214. The predicted molar refractivity (Wildman–Crippen MR) is 83.6 cm³/mol. The summed E-state index contributed by atoms with van der Waals surface area (Å²) in [5.41, 5.74) is 0.332. The smallest absolute Gasteiger partial charge is 0.252 e. The number of carbonyl (C=O) groups excluding carboxylic acids is 1. The van der Waals surface area contributed by atoms with Crippen molar-refractivity contribution in [2.75, 3.05) is 13.1 Å². The highest BCUT2D eigenvalue weighted by Gasteiger charge is 2.11. The Labute approximate surface area is 132 Å². The zero-order chi connectivity index (χ0) is 15.7. The van der Waals surface area contributed by atoms with Gasteiger partial charge in [-0.15, -0.1) is 0 Å². The summed E-state index contributed by atoms with van der Waals surface area (Å²) in [4.78, 5) is 21.5. The molecule has 1 rings (SSSR count). The van der Waals surface area contributed by atoms with Crippen molar-refractivity contribution in [3.8, 4) is 0 Å². The van der Waals surface area contributed by atoms with Crippen molar-refractivity contribution < 1.29 is 9.72 Å². The zero-order valence-electron chi connectivity index (χ0n) is 11.1. The fourth-order valence-corrected chi connectivity index (χ4v) is 1.83. The van der Waals surface area contributed by atoms with Crippen molar-refractivity contribution in [3.63, 3.8) is 0 Å². The van der Waals surface area contributed by atoms with Crippen LogP contribution in [0, 0.1) is 10.1 Å². The molecule has 0 aliphatic carbocycles. The van der Waals surface area contributed by atoms with E-state index in [0.29, 0.717) is 23.6 Å². The molecule has 0 unspecified atom stereocenters. The largest absolute Gasteiger partial charge is 0.352 e. The number of amides is 1. The zero-order valence-corrected chi connectivity index (χ0v) is 12.6. The number of benzene rings is 1. The van der Waals surface area contributed by atoms with Gasteiger partial charge in [-0.05, 0) is 24.6 Å². The van der Waals surface area contributed by atoms with Crippen LogP contribution in [-0.2, 0) is 0 Å². The standard InChI is InChI=1S/C14H14Cl2N2O3/c15-12-8-6-7-11(13(12)16)14(19)17-9-4-2-1-3-5-10-18(20)21/h1-3,5-8H,4,9-10H2,(H,17,19)/b2-1-,5-3-. The summed E-state index contributed by atoms with van der Waals surface area (Å²) in [6.45, 7) is 0.232. The molecule has 0 radical (unpaired) electrons. The quantitative estimate of drug-likeness (QED) is 0.360. The van der Waals surface area contributed by atoms with Crippen LogP contribution in [0.4, 0.5) is 0 Å². The van der Waals surface area contributed by atoms with Gasteiger partial charge in [-0.3, -0.25) is 14.9 Å². The number of nitrogens with zero attached hydrogens (tertiary/aromatic N) is 1. The first-order valence-corrected chi connectivity index (χ1v) is 6.93. The summed E-state index contributed by atoms with van der Waals surface area (Å²) < 4.78 is 0. The number of nitro groups is 1. The Bertz CT molecular complexity index is 571. The third-order valence-corrected chi connectivity index (χ3v) is 3.25. The Balaban J connectivity index is 2.34. The van der Waals surface area contributed by atoms with Crippen LogP contribution >= 0.6 is 23.2 Å². The molecule has 0 fully saturated rings. The van der Waals surface area contributed by atoms with Crippen molar-refractivity contribution in [2.24, 2.45) is 0 Å². The fourth-order valence-electron chi connectivity index (χ4n) is 1.44. The molecule has 0 aromatic heterocycles. The van der Waals surface area contributed by atoms with E-state index in [4.69, 9.17) is 23.2 Å². The minimum absolute atomic E-state index is 0.200. The van der Waals surface area contributed by atoms with Gasteiger partial charge in [0.2, 0.25) is 6.54 Å². The lowest BCUT2D eigenvalue weighted by Gasteiger charge is -2.06. The van der Waals surface area contributed by atoms with Gasteiger partial charge in [-0.25, -0.2) is 0 Å². The third kappa shape index (κ3) is 6.42. The maximum absolute atomic E-state index is 11.9. The molecule has 0 saturated heterocycles. The molecule has 112 valence electrons. The molecule has 1 aromatic carbocycles. The topological polar surface area (TPSA) is 72.2 Å². The highest BCUT2D eigenvalue weighted by molar-refractivity contribution is 6.43. The Morgan fingerprint density at radius 3 is 2.71 bits per heavy atom. The van der Waals surface area contributed by atoms with Gasteiger partial charge < -0.3 is 5.32 Å². The summed E-state index contributed by atoms with van der Waals surface area (Å²) in [7, 11) is 0. The molecule has 0 saturated carbocycles. The molecule has 0 aliphatic heterocycles. The number of carbonyl (C=O) groups is 1. The first kappa shape index (κ1) is 17.2. The monoisotopic (exact) mass is 328 g/mol. The summed E-state index contributed by atoms with van der Waals surface area (Å²) in [6.07, 6.45) is 7.14. The molecule has 0 bridgehead atoms. The molecule has 1 N–H and O–H groups in total. The lowest BCUT2D eigenvalue weighted by molar-refractivity contribution is -0.468. The summed E-state index contributed by atoms with van der Waals surface area (Å²) in [5.74, 6) is -0.292. The normalized spacial score (nSPS) is 11.1. The van der Waals surface area contributed by atoms with Gasteiger partial charge in [0, 0.05) is 11.5 Å². The molecule has 21 heavy (non-hydrogen) atoms. The predicted octanol–water partition coefficient (Wildman–Crippen LogP) is 3.50. The SMILES string of the molecule is O=C(NCC/C=C\C=C/C[N+](=O)[O-])c1cccc(Cl)c1Cl. The molecule has 0 heterocycles. The van der Waals surface area contributed by atoms with Crippen molar-refractivity contribution >= 4 is 29.1 Å². The molecule has 5 nitrogen and oxygen atoms in total. The molecule has 1 aromatic rings. The average Bonchev–Trinajstić information content (AvgIpc) is 2.44. The molecular formula is C14H14Cl2N2O3. The molecule has 0 aliphatic rings. The number of hydrogen-bond donors (Lipinski definition) is 1. The van der Waals surface area contributed by atoms with Gasteiger partial charge in [0.25, 0.3) is 5.91 Å². The summed E-state index contributed by atoms with van der Waals surface area (Å²) in [6, 6.07) is 4.86. The van der Waals surface area contributed by atoms with E-state index in [2.05, 4.69) is 5.32 Å². The number of hydrogen-bond acceptors (Lipinski definition) is 3. The minimum atomic E-state index is -0.417. The Hall–Kier alpha value is -1.85. The number of nitrogens with one attached hydrogen (secondary N) is 1. The Kier molecular flexibility index (Phi) is 7.50. The lowest BCUT2D eigenvalue weighted by Crippen LogP contribution is -2.24. The van der Waals surface area contributed by atoms with E-state index in [-0.39, 0.29) is 17.5 Å². The summed E-state index contributed by atoms with van der Waals surface area (Å²) >= 11 is 11.8. The molecular weight excluding hydrogens is 315 g/mol. The van der Waals surface area contributed by atoms with E-state index >= 15 is 0 Å². The highest BCUT2D eigenvalue weighted by atomic mass is 35.5. The highest BCUT2D eigenvalue weighted by Crippen LogP contribution is 2.25.